The molecule has 1 aliphatic heterocycles. The van der Waals surface area contributed by atoms with Crippen molar-refractivity contribution in [2.75, 3.05) is 56.2 Å². The van der Waals surface area contributed by atoms with Crippen molar-refractivity contribution in [2.45, 2.75) is 6.92 Å². The van der Waals surface area contributed by atoms with E-state index in [1.807, 2.05) is 13.0 Å². The maximum atomic E-state index is 11.9. The lowest BCUT2D eigenvalue weighted by atomic mass is 10.3. The maximum Gasteiger partial charge on any atom is 0.258 e. The molecule has 3 rings (SSSR count). The number of carbonyl (C=O) groups is 1. The van der Waals surface area contributed by atoms with Crippen molar-refractivity contribution in [3.63, 3.8) is 0 Å². The molecule has 0 radical (unpaired) electrons. The minimum Gasteiger partial charge on any atom is -0.482 e. The van der Waals surface area contributed by atoms with Gasteiger partial charge in [0, 0.05) is 37.3 Å². The number of amides is 1. The molecule has 0 saturated carbocycles. The lowest BCUT2D eigenvalue weighted by Crippen LogP contribution is -2.37. The second-order valence-corrected chi connectivity index (χ2v) is 7.24. The molecule has 2 heterocycles. The van der Waals surface area contributed by atoms with Crippen LogP contribution in [0.15, 0.2) is 24.3 Å². The van der Waals surface area contributed by atoms with Gasteiger partial charge in [0.15, 0.2) is 6.61 Å². The van der Waals surface area contributed by atoms with Crippen molar-refractivity contribution in [2.24, 2.45) is 0 Å². The first-order valence-electron chi connectivity index (χ1n) is 9.28. The summed E-state index contributed by atoms with van der Waals surface area (Å²) in [5.41, 5.74) is 0. The summed E-state index contributed by atoms with van der Waals surface area (Å²) in [5, 5.41) is 6.86. The van der Waals surface area contributed by atoms with Crippen molar-refractivity contribution < 1.29 is 14.3 Å². The minimum atomic E-state index is -0.245. The number of rotatable bonds is 8. The van der Waals surface area contributed by atoms with Gasteiger partial charge in [-0.25, -0.2) is 9.97 Å². The lowest BCUT2D eigenvalue weighted by Gasteiger charge is -2.28. The fourth-order valence-corrected chi connectivity index (χ4v) is 3.24. The summed E-state index contributed by atoms with van der Waals surface area (Å²) in [6, 6.07) is 6.75. The molecule has 29 heavy (non-hydrogen) atoms. The van der Waals surface area contributed by atoms with Gasteiger partial charge in [0.25, 0.3) is 5.91 Å². The van der Waals surface area contributed by atoms with Gasteiger partial charge in [0.1, 0.15) is 23.2 Å². The first kappa shape index (κ1) is 21.4. The molecule has 0 bridgehead atoms. The minimum absolute atomic E-state index is 0.130. The molecule has 1 aliphatic rings. The Balaban J connectivity index is 1.41. The number of aryl methyl sites for hydroxylation is 1. The van der Waals surface area contributed by atoms with Crippen LogP contribution in [0.25, 0.3) is 0 Å². The molecule has 1 aromatic heterocycles. The van der Waals surface area contributed by atoms with Crippen LogP contribution in [0.3, 0.4) is 0 Å². The summed E-state index contributed by atoms with van der Waals surface area (Å²) in [6.07, 6.45) is 0. The Morgan fingerprint density at radius 1 is 1.21 bits per heavy atom. The summed E-state index contributed by atoms with van der Waals surface area (Å²) in [5.74, 6) is 2.45. The highest BCUT2D eigenvalue weighted by Crippen LogP contribution is 2.27. The molecule has 1 fully saturated rings. The third-order valence-electron chi connectivity index (χ3n) is 4.17. The number of benzene rings is 1. The van der Waals surface area contributed by atoms with Gasteiger partial charge in [0.05, 0.1) is 18.2 Å². The Hall–Kier alpha value is -2.29. The summed E-state index contributed by atoms with van der Waals surface area (Å²) in [4.78, 5) is 23.0. The number of anilines is 2. The normalized spacial score (nSPS) is 13.8. The summed E-state index contributed by atoms with van der Waals surface area (Å²) >= 11 is 11.9. The topological polar surface area (TPSA) is 88.6 Å². The third-order valence-corrected chi connectivity index (χ3v) is 4.70. The van der Waals surface area contributed by atoms with Gasteiger partial charge in [-0.05, 0) is 25.1 Å². The van der Waals surface area contributed by atoms with Crippen LogP contribution in [-0.2, 0) is 9.53 Å². The largest absolute Gasteiger partial charge is 0.482 e. The molecular weight excluding hydrogens is 417 g/mol. The van der Waals surface area contributed by atoms with E-state index in [0.717, 1.165) is 24.7 Å². The van der Waals surface area contributed by atoms with Crippen LogP contribution in [0.5, 0.6) is 5.75 Å². The van der Waals surface area contributed by atoms with Crippen LogP contribution in [0.4, 0.5) is 11.6 Å². The number of halogens is 2. The van der Waals surface area contributed by atoms with Crippen LogP contribution in [0.2, 0.25) is 10.0 Å². The van der Waals surface area contributed by atoms with E-state index in [1.54, 1.807) is 18.2 Å². The Morgan fingerprint density at radius 3 is 2.76 bits per heavy atom. The monoisotopic (exact) mass is 439 g/mol. The maximum absolute atomic E-state index is 11.9. The second kappa shape index (κ2) is 10.5. The first-order chi connectivity index (χ1) is 14.0. The van der Waals surface area contributed by atoms with E-state index in [4.69, 9.17) is 32.7 Å². The number of nitrogens with one attached hydrogen (secondary N) is 2. The molecular formula is C19H23Cl2N5O3. The molecule has 1 amide bonds. The van der Waals surface area contributed by atoms with Crippen LogP contribution < -0.4 is 20.3 Å². The van der Waals surface area contributed by atoms with Gasteiger partial charge < -0.3 is 25.0 Å². The number of aromatic nitrogens is 2. The molecule has 0 unspecified atom stereocenters. The molecule has 10 heteroatoms. The first-order valence-corrected chi connectivity index (χ1v) is 10.0. The summed E-state index contributed by atoms with van der Waals surface area (Å²) in [6.45, 7) is 5.68. The zero-order valence-electron chi connectivity index (χ0n) is 16.1. The Labute approximate surface area is 179 Å². The smallest absolute Gasteiger partial charge is 0.258 e. The summed E-state index contributed by atoms with van der Waals surface area (Å²) < 4.78 is 10.8. The predicted molar refractivity (Wildman–Crippen MR) is 113 cm³/mol. The molecule has 2 aromatic rings. The van der Waals surface area contributed by atoms with E-state index in [9.17, 15) is 4.79 Å². The Kier molecular flexibility index (Phi) is 7.74. The average molecular weight is 440 g/mol. The van der Waals surface area contributed by atoms with Crippen molar-refractivity contribution in [1.82, 2.24) is 15.3 Å². The van der Waals surface area contributed by atoms with Gasteiger partial charge in [-0.15, -0.1) is 0 Å². The Bertz CT molecular complexity index is 847. The SMILES string of the molecule is Cc1nc(NCCNC(=O)COc2ccc(Cl)cc2Cl)cc(N2CCOCC2)n1. The number of nitrogens with zero attached hydrogens (tertiary/aromatic N) is 3. The zero-order chi connectivity index (χ0) is 20.6. The molecule has 0 atom stereocenters. The standard InChI is InChI=1S/C19H23Cl2N5O3/c1-13-24-17(11-18(25-13)26-6-8-28-9-7-26)22-4-5-23-19(27)12-29-16-3-2-14(20)10-15(16)21/h2-3,10-11H,4-9,12H2,1H3,(H,23,27)(H,22,24,25). The van der Waals surface area contributed by atoms with Crippen molar-refractivity contribution >= 4 is 40.7 Å². The van der Waals surface area contributed by atoms with Crippen molar-refractivity contribution in [1.29, 1.82) is 0 Å². The summed E-state index contributed by atoms with van der Waals surface area (Å²) in [7, 11) is 0. The van der Waals surface area contributed by atoms with Crippen LogP contribution in [0.1, 0.15) is 5.82 Å². The van der Waals surface area contributed by atoms with Gasteiger partial charge in [-0.3, -0.25) is 4.79 Å². The predicted octanol–water partition coefficient (Wildman–Crippen LogP) is 2.54. The number of hydrogen-bond acceptors (Lipinski definition) is 7. The molecule has 8 nitrogen and oxygen atoms in total. The van der Waals surface area contributed by atoms with E-state index in [0.29, 0.717) is 47.9 Å². The highest BCUT2D eigenvalue weighted by molar-refractivity contribution is 6.35. The van der Waals surface area contributed by atoms with Gasteiger partial charge in [-0.2, -0.15) is 0 Å². The highest BCUT2D eigenvalue weighted by atomic mass is 35.5. The van der Waals surface area contributed by atoms with Crippen molar-refractivity contribution in [3.8, 4) is 5.75 Å². The third kappa shape index (κ3) is 6.62. The molecule has 1 aromatic carbocycles. The second-order valence-electron chi connectivity index (χ2n) is 6.40. The Morgan fingerprint density at radius 2 is 2.00 bits per heavy atom. The van der Waals surface area contributed by atoms with Crippen LogP contribution >= 0.6 is 23.2 Å². The fourth-order valence-electron chi connectivity index (χ4n) is 2.78. The molecule has 156 valence electrons. The number of hydrogen-bond donors (Lipinski definition) is 2. The van der Waals surface area contributed by atoms with E-state index in [2.05, 4.69) is 25.5 Å². The van der Waals surface area contributed by atoms with Gasteiger partial charge >= 0.3 is 0 Å². The lowest BCUT2D eigenvalue weighted by molar-refractivity contribution is -0.123. The van der Waals surface area contributed by atoms with Crippen LogP contribution in [-0.4, -0.2) is 61.9 Å². The number of morpholine rings is 1. The van der Waals surface area contributed by atoms with Gasteiger partial charge in [-0.1, -0.05) is 23.2 Å². The van der Waals surface area contributed by atoms with Crippen LogP contribution in [0, 0.1) is 6.92 Å². The van der Waals surface area contributed by atoms with E-state index in [-0.39, 0.29) is 12.5 Å². The number of carbonyl (C=O) groups excluding carboxylic acids is 1. The van der Waals surface area contributed by atoms with Gasteiger partial charge in [0.2, 0.25) is 0 Å². The van der Waals surface area contributed by atoms with E-state index in [1.165, 1.54) is 0 Å². The molecule has 0 spiro atoms. The molecule has 2 N–H and O–H groups in total. The molecule has 1 saturated heterocycles. The number of ether oxygens (including phenoxy) is 2. The van der Waals surface area contributed by atoms with E-state index < -0.39 is 0 Å². The van der Waals surface area contributed by atoms with Crippen molar-refractivity contribution in [3.05, 3.63) is 40.1 Å². The zero-order valence-corrected chi connectivity index (χ0v) is 17.6. The van der Waals surface area contributed by atoms with E-state index >= 15 is 0 Å². The fraction of sp³-hybridized carbons (Fsp3) is 0.421. The average Bonchev–Trinajstić information content (AvgIpc) is 2.71. The highest BCUT2D eigenvalue weighted by Gasteiger charge is 2.14. The quantitative estimate of drug-likeness (QED) is 0.610. The molecule has 0 aliphatic carbocycles.